The predicted octanol–water partition coefficient (Wildman–Crippen LogP) is 3.69. The number of amides is 1. The van der Waals surface area contributed by atoms with E-state index in [0.29, 0.717) is 0 Å². The van der Waals surface area contributed by atoms with Crippen LogP contribution in [0.25, 0.3) is 0 Å². The van der Waals surface area contributed by atoms with Gasteiger partial charge in [-0.3, -0.25) is 9.69 Å². The zero-order valence-corrected chi connectivity index (χ0v) is 16.9. The van der Waals surface area contributed by atoms with Crippen LogP contribution in [0.15, 0.2) is 48.5 Å². The monoisotopic (exact) mass is 365 g/mol. The SMILES string of the molecule is Cc1ccc(N2CCN([C@@H](C)C(=O)N[C@@H](C)c3ccccc3)CC2)cc1C. The highest BCUT2D eigenvalue weighted by atomic mass is 16.2. The first-order valence-electron chi connectivity index (χ1n) is 9.87. The molecule has 1 aliphatic rings. The fourth-order valence-electron chi connectivity index (χ4n) is 3.61. The smallest absolute Gasteiger partial charge is 0.237 e. The van der Waals surface area contributed by atoms with Crippen molar-refractivity contribution >= 4 is 11.6 Å². The van der Waals surface area contributed by atoms with Crippen LogP contribution >= 0.6 is 0 Å². The van der Waals surface area contributed by atoms with Crippen LogP contribution < -0.4 is 10.2 Å². The molecule has 4 heteroatoms. The van der Waals surface area contributed by atoms with Gasteiger partial charge in [0.15, 0.2) is 0 Å². The van der Waals surface area contributed by atoms with Gasteiger partial charge in [0.25, 0.3) is 0 Å². The van der Waals surface area contributed by atoms with Crippen LogP contribution in [-0.4, -0.2) is 43.0 Å². The number of hydrogen-bond donors (Lipinski definition) is 1. The number of aryl methyl sites for hydroxylation is 2. The summed E-state index contributed by atoms with van der Waals surface area (Å²) < 4.78 is 0. The average molecular weight is 366 g/mol. The Kier molecular flexibility index (Phi) is 6.17. The number of nitrogens with one attached hydrogen (secondary N) is 1. The normalized spacial score (nSPS) is 17.4. The summed E-state index contributed by atoms with van der Waals surface area (Å²) in [6.07, 6.45) is 0. The van der Waals surface area contributed by atoms with Crippen molar-refractivity contribution in [1.29, 1.82) is 0 Å². The third-order valence-electron chi connectivity index (χ3n) is 5.76. The number of rotatable bonds is 5. The molecule has 0 spiro atoms. The average Bonchev–Trinajstić information content (AvgIpc) is 2.70. The fraction of sp³-hybridized carbons (Fsp3) is 0.435. The second-order valence-electron chi connectivity index (χ2n) is 7.61. The molecule has 2 aromatic rings. The third-order valence-corrected chi connectivity index (χ3v) is 5.76. The van der Waals surface area contributed by atoms with E-state index < -0.39 is 0 Å². The van der Waals surface area contributed by atoms with Gasteiger partial charge in [0.05, 0.1) is 12.1 Å². The highest BCUT2D eigenvalue weighted by Crippen LogP contribution is 2.21. The first-order valence-corrected chi connectivity index (χ1v) is 9.87. The molecule has 2 aromatic carbocycles. The standard InChI is InChI=1S/C23H31N3O/c1-17-10-11-22(16-18(17)2)26-14-12-25(13-15-26)20(4)23(27)24-19(3)21-8-6-5-7-9-21/h5-11,16,19-20H,12-15H2,1-4H3,(H,24,27)/t19-,20-/m0/s1. The number of piperazine rings is 1. The van der Waals surface area contributed by atoms with Crippen molar-refractivity contribution < 1.29 is 4.79 Å². The molecule has 1 amide bonds. The Balaban J connectivity index is 1.53. The van der Waals surface area contributed by atoms with Crippen LogP contribution in [0.1, 0.15) is 36.6 Å². The van der Waals surface area contributed by atoms with Crippen molar-refractivity contribution in [1.82, 2.24) is 10.2 Å². The molecule has 1 saturated heterocycles. The van der Waals surface area contributed by atoms with E-state index in [1.165, 1.54) is 16.8 Å². The van der Waals surface area contributed by atoms with Gasteiger partial charge >= 0.3 is 0 Å². The molecule has 1 fully saturated rings. The van der Waals surface area contributed by atoms with E-state index >= 15 is 0 Å². The lowest BCUT2D eigenvalue weighted by molar-refractivity contribution is -0.126. The molecule has 27 heavy (non-hydrogen) atoms. The summed E-state index contributed by atoms with van der Waals surface area (Å²) >= 11 is 0. The highest BCUT2D eigenvalue weighted by molar-refractivity contribution is 5.81. The van der Waals surface area contributed by atoms with Gasteiger partial charge in [0.1, 0.15) is 0 Å². The zero-order valence-electron chi connectivity index (χ0n) is 16.9. The van der Waals surface area contributed by atoms with Crippen LogP contribution in [0, 0.1) is 13.8 Å². The Hall–Kier alpha value is -2.33. The van der Waals surface area contributed by atoms with Gasteiger partial charge < -0.3 is 10.2 Å². The van der Waals surface area contributed by atoms with E-state index in [2.05, 4.69) is 59.3 Å². The number of carbonyl (C=O) groups is 1. The van der Waals surface area contributed by atoms with Crippen molar-refractivity contribution in [3.05, 3.63) is 65.2 Å². The third kappa shape index (κ3) is 4.69. The Morgan fingerprint density at radius 3 is 2.22 bits per heavy atom. The first-order chi connectivity index (χ1) is 13.0. The molecule has 144 valence electrons. The minimum absolute atomic E-state index is 0.0259. The van der Waals surface area contributed by atoms with Gasteiger partial charge in [-0.25, -0.2) is 0 Å². The van der Waals surface area contributed by atoms with Crippen LogP contribution in [0.5, 0.6) is 0 Å². The maximum atomic E-state index is 12.7. The molecule has 0 unspecified atom stereocenters. The Morgan fingerprint density at radius 2 is 1.59 bits per heavy atom. The predicted molar refractivity (Wildman–Crippen MR) is 112 cm³/mol. The summed E-state index contributed by atoms with van der Waals surface area (Å²) in [4.78, 5) is 17.4. The van der Waals surface area contributed by atoms with E-state index in [4.69, 9.17) is 0 Å². The Morgan fingerprint density at radius 1 is 0.926 bits per heavy atom. The molecular formula is C23H31N3O. The molecule has 4 nitrogen and oxygen atoms in total. The maximum Gasteiger partial charge on any atom is 0.237 e. The molecule has 0 saturated carbocycles. The topological polar surface area (TPSA) is 35.6 Å². The van der Waals surface area contributed by atoms with Crippen molar-refractivity contribution in [2.24, 2.45) is 0 Å². The summed E-state index contributed by atoms with van der Waals surface area (Å²) in [6, 6.07) is 16.7. The molecule has 0 aliphatic carbocycles. The fourth-order valence-corrected chi connectivity index (χ4v) is 3.61. The molecule has 1 N–H and O–H groups in total. The van der Waals surface area contributed by atoms with Crippen LogP contribution in [-0.2, 0) is 4.79 Å². The van der Waals surface area contributed by atoms with E-state index in [1.54, 1.807) is 0 Å². The Bertz CT molecular complexity index is 766. The van der Waals surface area contributed by atoms with Crippen molar-refractivity contribution in [2.45, 2.75) is 39.8 Å². The molecular weight excluding hydrogens is 334 g/mol. The second-order valence-corrected chi connectivity index (χ2v) is 7.61. The molecule has 0 bridgehead atoms. The summed E-state index contributed by atoms with van der Waals surface area (Å²) in [5, 5.41) is 3.16. The lowest BCUT2D eigenvalue weighted by atomic mass is 10.1. The first kappa shape index (κ1) is 19.4. The van der Waals surface area contributed by atoms with E-state index in [9.17, 15) is 4.79 Å². The van der Waals surface area contributed by atoms with Gasteiger partial charge in [-0.05, 0) is 56.5 Å². The molecule has 0 radical (unpaired) electrons. The van der Waals surface area contributed by atoms with Crippen LogP contribution in [0.3, 0.4) is 0 Å². The molecule has 1 aliphatic heterocycles. The minimum atomic E-state index is -0.113. The second kappa shape index (κ2) is 8.57. The number of anilines is 1. The van der Waals surface area contributed by atoms with Gasteiger partial charge in [-0.2, -0.15) is 0 Å². The largest absolute Gasteiger partial charge is 0.369 e. The minimum Gasteiger partial charge on any atom is -0.369 e. The lowest BCUT2D eigenvalue weighted by Gasteiger charge is -2.39. The summed E-state index contributed by atoms with van der Waals surface area (Å²) in [7, 11) is 0. The zero-order chi connectivity index (χ0) is 19.4. The van der Waals surface area contributed by atoms with Gasteiger partial charge in [0, 0.05) is 31.9 Å². The lowest BCUT2D eigenvalue weighted by Crippen LogP contribution is -2.54. The summed E-state index contributed by atoms with van der Waals surface area (Å²) in [5.74, 6) is 0.103. The van der Waals surface area contributed by atoms with Crippen molar-refractivity contribution in [3.63, 3.8) is 0 Å². The maximum absolute atomic E-state index is 12.7. The quantitative estimate of drug-likeness (QED) is 0.878. The van der Waals surface area contributed by atoms with E-state index in [-0.39, 0.29) is 18.0 Å². The van der Waals surface area contributed by atoms with Crippen molar-refractivity contribution in [3.8, 4) is 0 Å². The number of hydrogen-bond acceptors (Lipinski definition) is 3. The summed E-state index contributed by atoms with van der Waals surface area (Å²) in [5.41, 5.74) is 5.08. The van der Waals surface area contributed by atoms with Gasteiger partial charge in [-0.15, -0.1) is 0 Å². The van der Waals surface area contributed by atoms with Gasteiger partial charge in [0.2, 0.25) is 5.91 Å². The van der Waals surface area contributed by atoms with Crippen LogP contribution in [0.4, 0.5) is 5.69 Å². The highest BCUT2D eigenvalue weighted by Gasteiger charge is 2.26. The van der Waals surface area contributed by atoms with Crippen molar-refractivity contribution in [2.75, 3.05) is 31.1 Å². The number of benzene rings is 2. The van der Waals surface area contributed by atoms with E-state index in [1.807, 2.05) is 32.0 Å². The number of nitrogens with zero attached hydrogens (tertiary/aromatic N) is 2. The Labute approximate surface area is 163 Å². The van der Waals surface area contributed by atoms with Gasteiger partial charge in [-0.1, -0.05) is 36.4 Å². The molecule has 1 heterocycles. The number of carbonyl (C=O) groups excluding carboxylic acids is 1. The summed E-state index contributed by atoms with van der Waals surface area (Å²) in [6.45, 7) is 12.1. The molecule has 3 rings (SSSR count). The molecule has 0 aromatic heterocycles. The molecule has 2 atom stereocenters. The van der Waals surface area contributed by atoms with Crippen LogP contribution in [0.2, 0.25) is 0 Å². The van der Waals surface area contributed by atoms with E-state index in [0.717, 1.165) is 31.7 Å².